The zero-order chi connectivity index (χ0) is 17.1. The van der Waals surface area contributed by atoms with E-state index in [-0.39, 0.29) is 0 Å². The Morgan fingerprint density at radius 2 is 0.800 bits per heavy atom. The van der Waals surface area contributed by atoms with Crippen LogP contribution in [0, 0.1) is 3.57 Å². The maximum absolute atomic E-state index is 2.36. The van der Waals surface area contributed by atoms with E-state index in [9.17, 15) is 0 Å². The van der Waals surface area contributed by atoms with Crippen LogP contribution >= 0.6 is 22.6 Å². The second kappa shape index (κ2) is 7.24. The summed E-state index contributed by atoms with van der Waals surface area (Å²) in [6.45, 7) is 0. The molecule has 1 heteroatoms. The molecule has 4 rings (SSSR count). The van der Waals surface area contributed by atoms with Gasteiger partial charge >= 0.3 is 0 Å². The van der Waals surface area contributed by atoms with Gasteiger partial charge in [-0.25, -0.2) is 0 Å². The van der Waals surface area contributed by atoms with Gasteiger partial charge in [-0.15, -0.1) is 0 Å². The zero-order valence-corrected chi connectivity index (χ0v) is 15.9. The van der Waals surface area contributed by atoms with Gasteiger partial charge in [0.2, 0.25) is 0 Å². The molecule has 0 saturated carbocycles. The van der Waals surface area contributed by atoms with E-state index >= 15 is 0 Å². The summed E-state index contributed by atoms with van der Waals surface area (Å²) in [6.07, 6.45) is 0. The topological polar surface area (TPSA) is 0 Å². The van der Waals surface area contributed by atoms with Crippen LogP contribution in [0.15, 0.2) is 103 Å². The lowest BCUT2D eigenvalue weighted by atomic mass is 9.97. The minimum absolute atomic E-state index is 1.24. The highest BCUT2D eigenvalue weighted by molar-refractivity contribution is 14.1. The summed E-state index contributed by atoms with van der Waals surface area (Å²) < 4.78 is 1.26. The molecule has 0 unspecified atom stereocenters. The van der Waals surface area contributed by atoms with Crippen LogP contribution in [0.1, 0.15) is 0 Å². The van der Waals surface area contributed by atoms with Crippen molar-refractivity contribution in [2.75, 3.05) is 0 Å². The number of hydrogen-bond donors (Lipinski definition) is 0. The molecule has 0 amide bonds. The summed E-state index contributed by atoms with van der Waals surface area (Å²) in [5.74, 6) is 0. The van der Waals surface area contributed by atoms with Crippen LogP contribution in [0.4, 0.5) is 0 Å². The summed E-state index contributed by atoms with van der Waals surface area (Å²) in [6, 6.07) is 36.7. The van der Waals surface area contributed by atoms with Gasteiger partial charge < -0.3 is 0 Å². The van der Waals surface area contributed by atoms with Gasteiger partial charge in [0.15, 0.2) is 0 Å². The van der Waals surface area contributed by atoms with Crippen molar-refractivity contribution in [3.05, 3.63) is 107 Å². The minimum atomic E-state index is 1.24. The highest BCUT2D eigenvalue weighted by Gasteiger charge is 2.03. The van der Waals surface area contributed by atoms with Crippen LogP contribution in [0.2, 0.25) is 0 Å². The smallest absolute Gasteiger partial charge is 0.0136 e. The van der Waals surface area contributed by atoms with Gasteiger partial charge in [0.1, 0.15) is 0 Å². The van der Waals surface area contributed by atoms with E-state index in [1.165, 1.54) is 37.0 Å². The molecular weight excluding hydrogens is 415 g/mol. The van der Waals surface area contributed by atoms with Gasteiger partial charge in [0.25, 0.3) is 0 Å². The molecule has 0 aromatic heterocycles. The van der Waals surface area contributed by atoms with E-state index in [0.717, 1.165) is 0 Å². The van der Waals surface area contributed by atoms with Crippen LogP contribution in [-0.4, -0.2) is 0 Å². The average molecular weight is 432 g/mol. The largest absolute Gasteiger partial charge is 0.0622 e. The molecule has 120 valence electrons. The third-order valence-corrected chi connectivity index (χ3v) is 5.02. The number of halogens is 1. The van der Waals surface area contributed by atoms with E-state index < -0.39 is 0 Å². The molecule has 25 heavy (non-hydrogen) atoms. The lowest BCUT2D eigenvalue weighted by Gasteiger charge is -2.08. The molecular formula is C24H17I. The van der Waals surface area contributed by atoms with Gasteiger partial charge in [-0.2, -0.15) is 0 Å². The summed E-state index contributed by atoms with van der Waals surface area (Å²) in [5.41, 5.74) is 7.50. The molecule has 4 aromatic carbocycles. The summed E-state index contributed by atoms with van der Waals surface area (Å²) in [7, 11) is 0. The van der Waals surface area contributed by atoms with Gasteiger partial charge in [-0.05, 0) is 74.2 Å². The molecule has 0 aliphatic heterocycles. The zero-order valence-electron chi connectivity index (χ0n) is 13.7. The van der Waals surface area contributed by atoms with E-state index in [4.69, 9.17) is 0 Å². The minimum Gasteiger partial charge on any atom is -0.0622 e. The first-order valence-electron chi connectivity index (χ1n) is 8.31. The first-order valence-corrected chi connectivity index (χ1v) is 9.39. The highest BCUT2D eigenvalue weighted by Crippen LogP contribution is 2.29. The predicted molar refractivity (Wildman–Crippen MR) is 115 cm³/mol. The van der Waals surface area contributed by atoms with E-state index in [1.54, 1.807) is 0 Å². The normalized spacial score (nSPS) is 10.6. The summed E-state index contributed by atoms with van der Waals surface area (Å²) in [4.78, 5) is 0. The summed E-state index contributed by atoms with van der Waals surface area (Å²) in [5, 5.41) is 0. The Balaban J connectivity index is 1.67. The van der Waals surface area contributed by atoms with Gasteiger partial charge in [0, 0.05) is 3.57 Å². The van der Waals surface area contributed by atoms with Gasteiger partial charge in [-0.3, -0.25) is 0 Å². The first kappa shape index (κ1) is 16.1. The Morgan fingerprint density at radius 1 is 0.360 bits per heavy atom. The fourth-order valence-electron chi connectivity index (χ4n) is 3.03. The third-order valence-electron chi connectivity index (χ3n) is 4.35. The molecule has 0 spiro atoms. The molecule has 0 saturated heterocycles. The van der Waals surface area contributed by atoms with Crippen molar-refractivity contribution in [3.8, 4) is 33.4 Å². The van der Waals surface area contributed by atoms with Crippen molar-refractivity contribution in [3.63, 3.8) is 0 Å². The number of hydrogen-bond acceptors (Lipinski definition) is 0. The van der Waals surface area contributed by atoms with Gasteiger partial charge in [0.05, 0.1) is 0 Å². The van der Waals surface area contributed by atoms with Crippen molar-refractivity contribution >= 4 is 22.6 Å². The number of benzene rings is 4. The van der Waals surface area contributed by atoms with E-state index in [0.29, 0.717) is 0 Å². The molecule has 0 atom stereocenters. The molecule has 0 nitrogen and oxygen atoms in total. The molecule has 4 aromatic rings. The third kappa shape index (κ3) is 3.67. The summed E-state index contributed by atoms with van der Waals surface area (Å²) >= 11 is 2.36. The SMILES string of the molecule is Ic1cccc(-c2cccc(-c3ccc(-c4ccccc4)cc3)c2)c1. The van der Waals surface area contributed by atoms with Crippen LogP contribution < -0.4 is 0 Å². The van der Waals surface area contributed by atoms with Crippen molar-refractivity contribution in [2.24, 2.45) is 0 Å². The Labute approximate surface area is 162 Å². The fraction of sp³-hybridized carbons (Fsp3) is 0. The lowest BCUT2D eigenvalue weighted by molar-refractivity contribution is 1.56. The molecule has 0 aliphatic carbocycles. The van der Waals surface area contributed by atoms with Crippen molar-refractivity contribution < 1.29 is 0 Å². The molecule has 0 fully saturated rings. The lowest BCUT2D eigenvalue weighted by Crippen LogP contribution is -1.83. The van der Waals surface area contributed by atoms with Crippen LogP contribution in [0.3, 0.4) is 0 Å². The molecule has 0 bridgehead atoms. The Bertz CT molecular complexity index is 986. The maximum Gasteiger partial charge on any atom is 0.0136 e. The van der Waals surface area contributed by atoms with Crippen molar-refractivity contribution in [2.45, 2.75) is 0 Å². The quantitative estimate of drug-likeness (QED) is 0.298. The van der Waals surface area contributed by atoms with Crippen LogP contribution in [0.25, 0.3) is 33.4 Å². The van der Waals surface area contributed by atoms with Crippen LogP contribution in [0.5, 0.6) is 0 Å². The second-order valence-electron chi connectivity index (χ2n) is 6.03. The molecule has 0 heterocycles. The van der Waals surface area contributed by atoms with E-state index in [2.05, 4.69) is 120 Å². The van der Waals surface area contributed by atoms with Crippen LogP contribution in [-0.2, 0) is 0 Å². The first-order chi connectivity index (χ1) is 12.3. The standard InChI is InChI=1S/C24H17I/c25-24-11-5-10-23(17-24)22-9-4-8-21(16-22)20-14-12-19(13-15-20)18-6-2-1-3-7-18/h1-17H. The monoisotopic (exact) mass is 432 g/mol. The Kier molecular flexibility index (Phi) is 4.66. The van der Waals surface area contributed by atoms with Crippen molar-refractivity contribution in [1.29, 1.82) is 0 Å². The second-order valence-corrected chi connectivity index (χ2v) is 7.28. The molecule has 0 aliphatic rings. The predicted octanol–water partition coefficient (Wildman–Crippen LogP) is 7.29. The molecule has 0 radical (unpaired) electrons. The Morgan fingerprint density at radius 3 is 1.44 bits per heavy atom. The number of rotatable bonds is 3. The van der Waals surface area contributed by atoms with E-state index in [1.807, 2.05) is 6.07 Å². The molecule has 0 N–H and O–H groups in total. The van der Waals surface area contributed by atoms with Gasteiger partial charge in [-0.1, -0.05) is 84.9 Å². The highest BCUT2D eigenvalue weighted by atomic mass is 127. The van der Waals surface area contributed by atoms with Crippen molar-refractivity contribution in [1.82, 2.24) is 0 Å². The Hall–Kier alpha value is -2.39. The average Bonchev–Trinajstić information content (AvgIpc) is 2.69. The fourth-order valence-corrected chi connectivity index (χ4v) is 3.58. The maximum atomic E-state index is 2.36.